The quantitative estimate of drug-likeness (QED) is 0.630. The molecule has 1 atom stereocenters. The van der Waals surface area contributed by atoms with Crippen LogP contribution in [0.1, 0.15) is 40.5 Å². The largest absolute Gasteiger partial charge is 0.347 e. The van der Waals surface area contributed by atoms with Crippen molar-refractivity contribution in [3.63, 3.8) is 0 Å². The van der Waals surface area contributed by atoms with Crippen LogP contribution in [0.4, 0.5) is 0 Å². The van der Waals surface area contributed by atoms with E-state index in [1.165, 1.54) is 13.3 Å². The number of carbonyl (C=O) groups is 5. The highest BCUT2D eigenvalue weighted by molar-refractivity contribution is 6.13. The first-order valence-corrected chi connectivity index (χ1v) is 7.82. The highest BCUT2D eigenvalue weighted by Gasteiger charge is 2.23. The molecule has 0 aromatic carbocycles. The van der Waals surface area contributed by atoms with Gasteiger partial charge in [-0.2, -0.15) is 0 Å². The number of carbonyl (C=O) groups excluding carboxylic acids is 5. The second-order valence-corrected chi connectivity index (χ2v) is 5.30. The monoisotopic (exact) mass is 339 g/mol. The molecule has 0 bridgehead atoms. The minimum atomic E-state index is -0.611. The van der Waals surface area contributed by atoms with E-state index in [-0.39, 0.29) is 25.3 Å². The molecule has 1 aliphatic rings. The van der Waals surface area contributed by atoms with Crippen molar-refractivity contribution in [1.82, 2.24) is 15.5 Å². The highest BCUT2D eigenvalue weighted by atomic mass is 16.2. The van der Waals surface area contributed by atoms with E-state index in [9.17, 15) is 24.0 Å². The summed E-state index contributed by atoms with van der Waals surface area (Å²) in [5, 5.41) is 4.76. The fraction of sp³-hybridized carbons (Fsp3) is 0.562. The second kappa shape index (κ2) is 11.1. The molecule has 0 radical (unpaired) electrons. The lowest BCUT2D eigenvalue weighted by Crippen LogP contribution is -2.44. The summed E-state index contributed by atoms with van der Waals surface area (Å²) in [5.41, 5.74) is 0. The molecule has 1 rings (SSSR count). The zero-order valence-electron chi connectivity index (χ0n) is 14.5. The molecule has 1 aliphatic heterocycles. The Morgan fingerprint density at radius 2 is 1.58 bits per heavy atom. The first-order chi connectivity index (χ1) is 11.2. The second-order valence-electron chi connectivity index (χ2n) is 5.30. The predicted octanol–water partition coefficient (Wildman–Crippen LogP) is -0.0723. The van der Waals surface area contributed by atoms with Crippen LogP contribution in [0.15, 0.2) is 12.2 Å². The maximum absolute atomic E-state index is 11.5. The van der Waals surface area contributed by atoms with E-state index in [0.717, 1.165) is 17.1 Å². The molecule has 0 spiro atoms. The van der Waals surface area contributed by atoms with E-state index in [4.69, 9.17) is 0 Å². The molecule has 0 saturated heterocycles. The van der Waals surface area contributed by atoms with Crippen LogP contribution in [-0.2, 0) is 24.0 Å². The number of nitrogens with one attached hydrogen (secondary N) is 2. The molecular formula is C16H25N3O5. The van der Waals surface area contributed by atoms with Gasteiger partial charge in [-0.1, -0.05) is 20.3 Å². The molecule has 1 heterocycles. The normalized spacial score (nSPS) is 13.9. The van der Waals surface area contributed by atoms with E-state index in [2.05, 4.69) is 24.5 Å². The van der Waals surface area contributed by atoms with Gasteiger partial charge in [0.1, 0.15) is 0 Å². The molecule has 0 aromatic heterocycles. The topological polar surface area (TPSA) is 113 Å². The highest BCUT2D eigenvalue weighted by Crippen LogP contribution is 2.03. The average Bonchev–Trinajstić information content (AvgIpc) is 2.82. The molecule has 8 nitrogen and oxygen atoms in total. The van der Waals surface area contributed by atoms with Crippen LogP contribution in [-0.4, -0.2) is 53.4 Å². The number of hydrogen-bond donors (Lipinski definition) is 2. The predicted molar refractivity (Wildman–Crippen MR) is 87.7 cm³/mol. The van der Waals surface area contributed by atoms with E-state index in [1.54, 1.807) is 6.92 Å². The van der Waals surface area contributed by atoms with Crippen molar-refractivity contribution in [2.24, 2.45) is 0 Å². The van der Waals surface area contributed by atoms with Gasteiger partial charge in [0, 0.05) is 25.1 Å². The van der Waals surface area contributed by atoms with Gasteiger partial charge in [-0.05, 0) is 13.8 Å². The van der Waals surface area contributed by atoms with Crippen molar-refractivity contribution in [2.45, 2.75) is 46.6 Å². The fourth-order valence-corrected chi connectivity index (χ4v) is 1.53. The van der Waals surface area contributed by atoms with Crippen molar-refractivity contribution >= 4 is 29.4 Å². The first-order valence-electron chi connectivity index (χ1n) is 7.82. The Morgan fingerprint density at radius 3 is 2.04 bits per heavy atom. The maximum atomic E-state index is 11.5. The Bertz CT molecular complexity index is 510. The average molecular weight is 339 g/mol. The van der Waals surface area contributed by atoms with Crippen LogP contribution in [0.5, 0.6) is 0 Å². The van der Waals surface area contributed by atoms with Gasteiger partial charge >= 0.3 is 0 Å². The Hall–Kier alpha value is -2.51. The van der Waals surface area contributed by atoms with Crippen LogP contribution in [0.3, 0.4) is 0 Å². The summed E-state index contributed by atoms with van der Waals surface area (Å²) in [6.45, 7) is 6.83. The molecular weight excluding hydrogens is 314 g/mol. The third kappa shape index (κ3) is 8.21. The number of nitrogens with zero attached hydrogens (tertiary/aromatic N) is 1. The summed E-state index contributed by atoms with van der Waals surface area (Å²) in [7, 11) is 0. The minimum Gasteiger partial charge on any atom is -0.347 e. The van der Waals surface area contributed by atoms with Gasteiger partial charge in [0.05, 0.1) is 12.6 Å². The molecule has 1 unspecified atom stereocenters. The number of Topliss-reactive ketones (excluding diaryl/α,β-unsaturated/α-hetero) is 1. The van der Waals surface area contributed by atoms with Gasteiger partial charge in [0.2, 0.25) is 11.8 Å². The van der Waals surface area contributed by atoms with Crippen molar-refractivity contribution < 1.29 is 24.0 Å². The maximum Gasteiger partial charge on any atom is 0.253 e. The van der Waals surface area contributed by atoms with Crippen LogP contribution < -0.4 is 10.6 Å². The fourth-order valence-electron chi connectivity index (χ4n) is 1.53. The standard InChI is InChI=1S/C13H17N3O5.C3H8/c1-8(9(2)17)15-11(19)7-14-10(18)5-6-16-12(20)3-4-13(16)21;1-3-2/h3-4,8H,5-7H2,1-2H3,(H,14,18)(H,15,19);3H2,1-2H3. The van der Waals surface area contributed by atoms with E-state index in [0.29, 0.717) is 0 Å². The number of ketones is 1. The van der Waals surface area contributed by atoms with Crippen molar-refractivity contribution in [2.75, 3.05) is 13.1 Å². The Morgan fingerprint density at radius 1 is 1.08 bits per heavy atom. The van der Waals surface area contributed by atoms with Crippen molar-refractivity contribution in [1.29, 1.82) is 0 Å². The van der Waals surface area contributed by atoms with E-state index >= 15 is 0 Å². The SMILES string of the molecule is CC(=O)C(C)NC(=O)CNC(=O)CCN1C(=O)C=CC1=O.CCC. The van der Waals surface area contributed by atoms with Crippen molar-refractivity contribution in [3.05, 3.63) is 12.2 Å². The van der Waals surface area contributed by atoms with E-state index in [1.807, 2.05) is 0 Å². The summed E-state index contributed by atoms with van der Waals surface area (Å²) in [6, 6.07) is -0.611. The van der Waals surface area contributed by atoms with Crippen LogP contribution in [0, 0.1) is 0 Å². The molecule has 8 heteroatoms. The summed E-state index contributed by atoms with van der Waals surface area (Å²) in [6.07, 6.45) is 3.43. The number of amides is 4. The van der Waals surface area contributed by atoms with Gasteiger partial charge in [-0.15, -0.1) is 0 Å². The van der Waals surface area contributed by atoms with Gasteiger partial charge in [0.25, 0.3) is 11.8 Å². The van der Waals surface area contributed by atoms with Crippen molar-refractivity contribution in [3.8, 4) is 0 Å². The number of rotatable bonds is 7. The smallest absolute Gasteiger partial charge is 0.253 e. The molecule has 24 heavy (non-hydrogen) atoms. The molecule has 4 amide bonds. The zero-order valence-corrected chi connectivity index (χ0v) is 14.5. The first kappa shape index (κ1) is 21.5. The third-order valence-corrected chi connectivity index (χ3v) is 2.90. The number of imide groups is 1. The lowest BCUT2D eigenvalue weighted by Gasteiger charge is -2.14. The molecule has 0 aliphatic carbocycles. The summed E-state index contributed by atoms with van der Waals surface area (Å²) in [4.78, 5) is 57.3. The summed E-state index contributed by atoms with van der Waals surface area (Å²) < 4.78 is 0. The van der Waals surface area contributed by atoms with Crippen LogP contribution >= 0.6 is 0 Å². The Balaban J connectivity index is 0.00000163. The molecule has 134 valence electrons. The molecule has 0 fully saturated rings. The van der Waals surface area contributed by atoms with Gasteiger partial charge in [-0.25, -0.2) is 0 Å². The summed E-state index contributed by atoms with van der Waals surface area (Å²) >= 11 is 0. The van der Waals surface area contributed by atoms with Gasteiger partial charge in [0.15, 0.2) is 5.78 Å². The lowest BCUT2D eigenvalue weighted by molar-refractivity contribution is -0.137. The number of hydrogen-bond acceptors (Lipinski definition) is 5. The van der Waals surface area contributed by atoms with Crippen LogP contribution in [0.25, 0.3) is 0 Å². The zero-order chi connectivity index (χ0) is 18.7. The molecule has 0 saturated carbocycles. The summed E-state index contributed by atoms with van der Waals surface area (Å²) in [5.74, 6) is -2.05. The van der Waals surface area contributed by atoms with Gasteiger partial charge in [-0.3, -0.25) is 28.9 Å². The lowest BCUT2D eigenvalue weighted by atomic mass is 10.2. The van der Waals surface area contributed by atoms with Crippen LogP contribution in [0.2, 0.25) is 0 Å². The third-order valence-electron chi connectivity index (χ3n) is 2.90. The Labute approximate surface area is 141 Å². The Kier molecular flexibility index (Phi) is 9.93. The molecule has 2 N–H and O–H groups in total. The minimum absolute atomic E-state index is 0.0397. The molecule has 0 aromatic rings. The van der Waals surface area contributed by atoms with Gasteiger partial charge < -0.3 is 10.6 Å². The van der Waals surface area contributed by atoms with E-state index < -0.39 is 29.7 Å².